The highest BCUT2D eigenvalue weighted by Crippen LogP contribution is 2.54. The van der Waals surface area contributed by atoms with Gasteiger partial charge in [0, 0.05) is 39.6 Å². The van der Waals surface area contributed by atoms with Gasteiger partial charge in [-0.25, -0.2) is 0 Å². The molecule has 0 aromatic heterocycles. The average Bonchev–Trinajstić information content (AvgIpc) is 3.72. The Morgan fingerprint density at radius 1 is 0.442 bits per heavy atom. The molecule has 0 aliphatic heterocycles. The number of fused-ring (bicyclic) bond motifs is 6. The first kappa shape index (κ1) is 29.4. The van der Waals surface area contributed by atoms with Gasteiger partial charge >= 0.3 is 0 Å². The molecule has 0 amide bonds. The van der Waals surface area contributed by atoms with E-state index in [4.69, 9.17) is 0 Å². The van der Waals surface area contributed by atoms with E-state index in [2.05, 4.69) is 186 Å². The predicted molar refractivity (Wildman–Crippen MR) is 219 cm³/mol. The quantitative estimate of drug-likeness (QED) is 0.175. The summed E-state index contributed by atoms with van der Waals surface area (Å²) in [6.07, 6.45) is 14.9. The topological polar surface area (TPSA) is 6.48 Å². The molecule has 0 heterocycles. The van der Waals surface area contributed by atoms with E-state index in [0.29, 0.717) is 5.92 Å². The molecular formula is C50H36N2. The van der Waals surface area contributed by atoms with Crippen molar-refractivity contribution in [3.05, 3.63) is 192 Å². The number of anilines is 5. The number of benzene rings is 7. The van der Waals surface area contributed by atoms with Crippen molar-refractivity contribution in [2.24, 2.45) is 0 Å². The average molecular weight is 665 g/mol. The smallest absolute Gasteiger partial charge is 0.0540 e. The largest absolute Gasteiger partial charge is 0.310 e. The first-order valence-electron chi connectivity index (χ1n) is 18.5. The number of rotatable bonds is 6. The number of para-hydroxylation sites is 1. The fourth-order valence-electron chi connectivity index (χ4n) is 9.31. The van der Waals surface area contributed by atoms with E-state index in [1.54, 1.807) is 0 Å². The zero-order valence-electron chi connectivity index (χ0n) is 28.8. The second-order valence-electron chi connectivity index (χ2n) is 14.3. The van der Waals surface area contributed by atoms with E-state index >= 15 is 0 Å². The lowest BCUT2D eigenvalue weighted by molar-refractivity contribution is 0.843. The molecule has 2 nitrogen and oxygen atoms in total. The van der Waals surface area contributed by atoms with Gasteiger partial charge in [-0.1, -0.05) is 121 Å². The van der Waals surface area contributed by atoms with Crippen molar-refractivity contribution in [2.45, 2.75) is 25.2 Å². The summed E-state index contributed by atoms with van der Waals surface area (Å²) in [6, 6.07) is 53.9. The van der Waals surface area contributed by atoms with Gasteiger partial charge in [-0.2, -0.15) is 0 Å². The molecule has 7 aromatic carbocycles. The zero-order chi connectivity index (χ0) is 34.2. The highest BCUT2D eigenvalue weighted by atomic mass is 15.2. The summed E-state index contributed by atoms with van der Waals surface area (Å²) in [5.74, 6) is 0.413. The van der Waals surface area contributed by atoms with E-state index < -0.39 is 0 Å². The lowest BCUT2D eigenvalue weighted by Crippen LogP contribution is -2.19. The van der Waals surface area contributed by atoms with E-state index in [-0.39, 0.29) is 0 Å². The Kier molecular flexibility index (Phi) is 6.54. The molecule has 0 radical (unpaired) electrons. The van der Waals surface area contributed by atoms with Crippen LogP contribution >= 0.6 is 0 Å². The maximum atomic E-state index is 2.48. The third kappa shape index (κ3) is 4.31. The van der Waals surface area contributed by atoms with Crippen LogP contribution in [-0.4, -0.2) is 0 Å². The summed E-state index contributed by atoms with van der Waals surface area (Å²) in [5, 5.41) is 2.60. The Balaban J connectivity index is 1.05. The van der Waals surface area contributed by atoms with Crippen LogP contribution in [0.15, 0.2) is 176 Å². The van der Waals surface area contributed by atoms with Crippen LogP contribution in [0.1, 0.15) is 41.9 Å². The predicted octanol–water partition coefficient (Wildman–Crippen LogP) is 13.9. The van der Waals surface area contributed by atoms with E-state index in [1.165, 1.54) is 77.9 Å². The van der Waals surface area contributed by atoms with Gasteiger partial charge in [-0.05, 0) is 124 Å². The fourth-order valence-corrected chi connectivity index (χ4v) is 9.31. The highest BCUT2D eigenvalue weighted by Gasteiger charge is 2.34. The Morgan fingerprint density at radius 2 is 1.10 bits per heavy atom. The fraction of sp³-hybridized carbons (Fsp3) is 0.0800. The molecule has 11 rings (SSSR count). The van der Waals surface area contributed by atoms with Crippen LogP contribution in [0.25, 0.3) is 50.2 Å². The molecule has 7 aromatic rings. The molecule has 1 atom stereocenters. The minimum absolute atomic E-state index is 0.413. The van der Waals surface area contributed by atoms with Crippen LogP contribution in [0.3, 0.4) is 0 Å². The summed E-state index contributed by atoms with van der Waals surface area (Å²) in [7, 11) is 0. The van der Waals surface area contributed by atoms with Gasteiger partial charge in [0.05, 0.1) is 11.4 Å². The molecule has 0 bridgehead atoms. The number of nitrogens with zero attached hydrogens (tertiary/aromatic N) is 2. The summed E-state index contributed by atoms with van der Waals surface area (Å²) < 4.78 is 0. The lowest BCUT2D eigenvalue weighted by Gasteiger charge is -2.32. The van der Waals surface area contributed by atoms with Crippen LogP contribution in [0.4, 0.5) is 28.4 Å². The molecule has 1 unspecified atom stereocenters. The monoisotopic (exact) mass is 664 g/mol. The third-order valence-corrected chi connectivity index (χ3v) is 11.5. The van der Waals surface area contributed by atoms with Crippen molar-refractivity contribution in [3.8, 4) is 33.4 Å². The Morgan fingerprint density at radius 3 is 1.88 bits per heavy atom. The van der Waals surface area contributed by atoms with Gasteiger partial charge in [0.2, 0.25) is 0 Å². The first-order chi connectivity index (χ1) is 25.8. The second-order valence-corrected chi connectivity index (χ2v) is 14.3. The van der Waals surface area contributed by atoms with Gasteiger partial charge in [0.25, 0.3) is 0 Å². The van der Waals surface area contributed by atoms with Gasteiger partial charge in [0.15, 0.2) is 0 Å². The molecule has 0 saturated heterocycles. The molecule has 0 saturated carbocycles. The van der Waals surface area contributed by atoms with Crippen molar-refractivity contribution in [1.82, 2.24) is 0 Å². The molecular weight excluding hydrogens is 629 g/mol. The standard InChI is InChI=1S/C50H36N2/c1-3-13-33(14-4-1)51(47-31-29-43-39-19-9-7-17-37(39)41-21-11-23-45(47)49(41)43)35-25-27-36(28-26-35)52(34-15-5-2-6-16-34)48-32-30-44-40-20-10-8-18-38(40)42-22-12-24-46(48)50(42)44/h1,3-5,7-21,23-32,42H,2,6,22H2. The van der Waals surface area contributed by atoms with Crippen LogP contribution in [-0.2, 0) is 0 Å². The zero-order valence-corrected chi connectivity index (χ0v) is 28.8. The van der Waals surface area contributed by atoms with Crippen LogP contribution in [0.2, 0.25) is 0 Å². The van der Waals surface area contributed by atoms with Crippen molar-refractivity contribution in [1.29, 1.82) is 0 Å². The molecule has 0 fully saturated rings. The van der Waals surface area contributed by atoms with Crippen LogP contribution in [0.5, 0.6) is 0 Å². The molecule has 52 heavy (non-hydrogen) atoms. The number of allylic oxidation sites excluding steroid dienone is 4. The summed E-state index contributed by atoms with van der Waals surface area (Å²) in [4.78, 5) is 4.90. The van der Waals surface area contributed by atoms with Gasteiger partial charge in [-0.3, -0.25) is 0 Å². The maximum absolute atomic E-state index is 2.48. The summed E-state index contributed by atoms with van der Waals surface area (Å²) in [6.45, 7) is 0. The second kappa shape index (κ2) is 11.6. The third-order valence-electron chi connectivity index (χ3n) is 11.5. The Hall–Kier alpha value is -6.38. The van der Waals surface area contributed by atoms with Crippen molar-refractivity contribution < 1.29 is 0 Å². The molecule has 246 valence electrons. The molecule has 4 aliphatic rings. The van der Waals surface area contributed by atoms with Crippen molar-refractivity contribution in [2.75, 3.05) is 9.80 Å². The number of hydrogen-bond acceptors (Lipinski definition) is 2. The van der Waals surface area contributed by atoms with Crippen LogP contribution in [0, 0.1) is 0 Å². The minimum atomic E-state index is 0.413. The van der Waals surface area contributed by atoms with E-state index in [1.807, 2.05) is 0 Å². The first-order valence-corrected chi connectivity index (χ1v) is 18.5. The number of hydrogen-bond donors (Lipinski definition) is 0. The van der Waals surface area contributed by atoms with Crippen molar-refractivity contribution in [3.63, 3.8) is 0 Å². The maximum Gasteiger partial charge on any atom is 0.0540 e. The summed E-state index contributed by atoms with van der Waals surface area (Å²) in [5.41, 5.74) is 19.4. The summed E-state index contributed by atoms with van der Waals surface area (Å²) >= 11 is 0. The van der Waals surface area contributed by atoms with Gasteiger partial charge in [-0.15, -0.1) is 0 Å². The van der Waals surface area contributed by atoms with Crippen LogP contribution < -0.4 is 9.80 Å². The Bertz CT molecular complexity index is 2630. The highest BCUT2D eigenvalue weighted by molar-refractivity contribution is 6.19. The van der Waals surface area contributed by atoms with Gasteiger partial charge < -0.3 is 9.80 Å². The SMILES string of the molecule is C1=CC(N(c2ccc(N(c3ccccc3)c3ccc4c5c(cccc35)-c3ccccc3-4)cc2)c2ccc3c4c2C=CCC4c2ccccc2-3)=CCC1. The molecule has 4 aliphatic carbocycles. The normalized spacial score (nSPS) is 15.6. The Labute approximate surface area is 304 Å². The van der Waals surface area contributed by atoms with Gasteiger partial charge in [0.1, 0.15) is 0 Å². The lowest BCUT2D eigenvalue weighted by atomic mass is 9.85. The minimum Gasteiger partial charge on any atom is -0.310 e. The van der Waals surface area contributed by atoms with E-state index in [9.17, 15) is 0 Å². The molecule has 2 heteroatoms. The van der Waals surface area contributed by atoms with Crippen molar-refractivity contribution >= 4 is 45.3 Å². The van der Waals surface area contributed by atoms with E-state index in [0.717, 1.165) is 36.3 Å². The molecule has 0 N–H and O–H groups in total. The molecule has 0 spiro atoms.